The molecule has 0 spiro atoms. The Morgan fingerprint density at radius 3 is 2.80 bits per heavy atom. The van der Waals surface area contributed by atoms with Crippen molar-refractivity contribution < 1.29 is 9.84 Å². The molecular formula is C15H21N3O2. The van der Waals surface area contributed by atoms with E-state index in [4.69, 9.17) is 9.84 Å². The van der Waals surface area contributed by atoms with Crippen molar-refractivity contribution in [1.29, 1.82) is 0 Å². The van der Waals surface area contributed by atoms with Crippen molar-refractivity contribution >= 4 is 0 Å². The third kappa shape index (κ3) is 3.00. The minimum absolute atomic E-state index is 0.105. The predicted octanol–water partition coefficient (Wildman–Crippen LogP) is 1.78. The summed E-state index contributed by atoms with van der Waals surface area (Å²) in [5, 5.41) is 16.7. The van der Waals surface area contributed by atoms with E-state index in [2.05, 4.69) is 10.4 Å². The Labute approximate surface area is 119 Å². The van der Waals surface area contributed by atoms with Gasteiger partial charge in [-0.25, -0.2) is 4.68 Å². The third-order valence-electron chi connectivity index (χ3n) is 3.20. The summed E-state index contributed by atoms with van der Waals surface area (Å²) >= 11 is 0. The first-order chi connectivity index (χ1) is 9.67. The Kier molecular flexibility index (Phi) is 4.76. The molecule has 1 heterocycles. The van der Waals surface area contributed by atoms with Gasteiger partial charge >= 0.3 is 0 Å². The SMILES string of the molecule is CNCc1c(C)nn(C)c1Oc1ccccc1CCO. The molecule has 5 heteroatoms. The number of benzene rings is 1. The Morgan fingerprint density at radius 1 is 1.35 bits per heavy atom. The van der Waals surface area contributed by atoms with E-state index in [1.807, 2.05) is 45.3 Å². The van der Waals surface area contributed by atoms with Crippen LogP contribution in [0, 0.1) is 6.92 Å². The van der Waals surface area contributed by atoms with Gasteiger partial charge in [0, 0.05) is 20.2 Å². The van der Waals surface area contributed by atoms with Crippen molar-refractivity contribution in [2.24, 2.45) is 7.05 Å². The van der Waals surface area contributed by atoms with Crippen molar-refractivity contribution in [3.63, 3.8) is 0 Å². The first kappa shape index (κ1) is 14.6. The summed E-state index contributed by atoms with van der Waals surface area (Å²) in [6, 6.07) is 7.75. The summed E-state index contributed by atoms with van der Waals surface area (Å²) < 4.78 is 7.79. The highest BCUT2D eigenvalue weighted by Crippen LogP contribution is 2.29. The third-order valence-corrected chi connectivity index (χ3v) is 3.20. The van der Waals surface area contributed by atoms with E-state index in [0.29, 0.717) is 13.0 Å². The van der Waals surface area contributed by atoms with Crippen LogP contribution in [0.1, 0.15) is 16.8 Å². The fourth-order valence-electron chi connectivity index (χ4n) is 2.22. The molecule has 0 aliphatic carbocycles. The Morgan fingerprint density at radius 2 is 2.10 bits per heavy atom. The summed E-state index contributed by atoms with van der Waals surface area (Å²) in [7, 11) is 3.77. The molecular weight excluding hydrogens is 254 g/mol. The molecule has 0 bridgehead atoms. The average molecular weight is 275 g/mol. The second kappa shape index (κ2) is 6.54. The molecule has 2 N–H and O–H groups in total. The normalized spacial score (nSPS) is 10.8. The van der Waals surface area contributed by atoms with Crippen molar-refractivity contribution in [3.8, 4) is 11.6 Å². The Bertz CT molecular complexity index is 578. The van der Waals surface area contributed by atoms with Crippen LogP contribution in [0.2, 0.25) is 0 Å². The van der Waals surface area contributed by atoms with Gasteiger partial charge in [0.2, 0.25) is 5.88 Å². The van der Waals surface area contributed by atoms with Crippen LogP contribution in [0.25, 0.3) is 0 Å². The number of aliphatic hydroxyl groups is 1. The maximum atomic E-state index is 9.12. The lowest BCUT2D eigenvalue weighted by molar-refractivity contribution is 0.297. The van der Waals surface area contributed by atoms with Crippen molar-refractivity contribution in [1.82, 2.24) is 15.1 Å². The number of aromatic nitrogens is 2. The molecule has 108 valence electrons. The minimum atomic E-state index is 0.105. The van der Waals surface area contributed by atoms with Crippen LogP contribution in [-0.4, -0.2) is 28.5 Å². The number of hydrogen-bond acceptors (Lipinski definition) is 4. The Balaban J connectivity index is 2.34. The summed E-state index contributed by atoms with van der Waals surface area (Å²) in [6.07, 6.45) is 0.578. The van der Waals surface area contributed by atoms with Crippen LogP contribution < -0.4 is 10.1 Å². The molecule has 2 aromatic rings. The number of ether oxygens (including phenoxy) is 1. The van der Waals surface area contributed by atoms with Gasteiger partial charge < -0.3 is 15.2 Å². The summed E-state index contributed by atoms with van der Waals surface area (Å²) in [5.74, 6) is 1.50. The molecule has 0 saturated carbocycles. The number of hydrogen-bond donors (Lipinski definition) is 2. The fourth-order valence-corrected chi connectivity index (χ4v) is 2.22. The fraction of sp³-hybridized carbons (Fsp3) is 0.400. The van der Waals surface area contributed by atoms with E-state index in [1.165, 1.54) is 0 Å². The van der Waals surface area contributed by atoms with E-state index >= 15 is 0 Å². The van der Waals surface area contributed by atoms with E-state index in [1.54, 1.807) is 4.68 Å². The van der Waals surface area contributed by atoms with Gasteiger partial charge in [-0.2, -0.15) is 5.10 Å². The standard InChI is InChI=1S/C15H21N3O2/c1-11-13(10-16-2)15(18(3)17-11)20-14-7-5-4-6-12(14)8-9-19/h4-7,16,19H,8-10H2,1-3H3. The molecule has 2 rings (SSSR count). The van der Waals surface area contributed by atoms with Crippen LogP contribution >= 0.6 is 0 Å². The maximum absolute atomic E-state index is 9.12. The zero-order valence-corrected chi connectivity index (χ0v) is 12.2. The van der Waals surface area contributed by atoms with Gasteiger partial charge in [-0.3, -0.25) is 0 Å². The number of nitrogens with one attached hydrogen (secondary N) is 1. The monoisotopic (exact) mass is 275 g/mol. The maximum Gasteiger partial charge on any atom is 0.222 e. The number of para-hydroxylation sites is 1. The second-order valence-corrected chi connectivity index (χ2v) is 4.71. The van der Waals surface area contributed by atoms with Crippen molar-refractivity contribution in [2.45, 2.75) is 19.9 Å². The second-order valence-electron chi connectivity index (χ2n) is 4.71. The van der Waals surface area contributed by atoms with E-state index in [-0.39, 0.29) is 6.61 Å². The highest BCUT2D eigenvalue weighted by atomic mass is 16.5. The molecule has 0 radical (unpaired) electrons. The summed E-state index contributed by atoms with van der Waals surface area (Å²) in [6.45, 7) is 2.78. The highest BCUT2D eigenvalue weighted by Gasteiger charge is 2.15. The van der Waals surface area contributed by atoms with E-state index in [9.17, 15) is 0 Å². The van der Waals surface area contributed by atoms with Crippen molar-refractivity contribution in [2.75, 3.05) is 13.7 Å². The Hall–Kier alpha value is -1.85. The molecule has 0 fully saturated rings. The number of aliphatic hydroxyl groups excluding tert-OH is 1. The molecule has 0 unspecified atom stereocenters. The van der Waals surface area contributed by atoms with E-state index < -0.39 is 0 Å². The number of rotatable bonds is 6. The molecule has 0 aliphatic heterocycles. The van der Waals surface area contributed by atoms with Crippen LogP contribution in [0.15, 0.2) is 24.3 Å². The van der Waals surface area contributed by atoms with Gasteiger partial charge in [-0.05, 0) is 32.0 Å². The first-order valence-electron chi connectivity index (χ1n) is 6.71. The zero-order chi connectivity index (χ0) is 14.5. The molecule has 20 heavy (non-hydrogen) atoms. The van der Waals surface area contributed by atoms with Gasteiger partial charge in [-0.15, -0.1) is 0 Å². The largest absolute Gasteiger partial charge is 0.439 e. The predicted molar refractivity (Wildman–Crippen MR) is 78.0 cm³/mol. The van der Waals surface area contributed by atoms with Crippen LogP contribution in [0.5, 0.6) is 11.6 Å². The summed E-state index contributed by atoms with van der Waals surface area (Å²) in [4.78, 5) is 0. The van der Waals surface area contributed by atoms with Crippen LogP contribution in [-0.2, 0) is 20.0 Å². The van der Waals surface area contributed by atoms with E-state index in [0.717, 1.165) is 28.5 Å². The van der Waals surface area contributed by atoms with Gasteiger partial charge in [-0.1, -0.05) is 18.2 Å². The van der Waals surface area contributed by atoms with Gasteiger partial charge in [0.05, 0.1) is 11.3 Å². The lowest BCUT2D eigenvalue weighted by atomic mass is 10.1. The topological polar surface area (TPSA) is 59.3 Å². The quantitative estimate of drug-likeness (QED) is 0.843. The van der Waals surface area contributed by atoms with Crippen molar-refractivity contribution in [3.05, 3.63) is 41.1 Å². The average Bonchev–Trinajstić information content (AvgIpc) is 2.69. The molecule has 0 atom stereocenters. The van der Waals surface area contributed by atoms with Gasteiger partial charge in [0.1, 0.15) is 5.75 Å². The zero-order valence-electron chi connectivity index (χ0n) is 12.2. The molecule has 1 aromatic heterocycles. The molecule has 0 aliphatic rings. The lowest BCUT2D eigenvalue weighted by Gasteiger charge is -2.12. The van der Waals surface area contributed by atoms with Gasteiger partial charge in [0.25, 0.3) is 0 Å². The molecule has 0 saturated heterocycles. The summed E-state index contributed by atoms with van der Waals surface area (Å²) in [5.41, 5.74) is 2.99. The molecule has 5 nitrogen and oxygen atoms in total. The van der Waals surface area contributed by atoms with Crippen LogP contribution in [0.3, 0.4) is 0 Å². The minimum Gasteiger partial charge on any atom is -0.439 e. The lowest BCUT2D eigenvalue weighted by Crippen LogP contribution is -2.07. The molecule has 1 aromatic carbocycles. The first-order valence-corrected chi connectivity index (χ1v) is 6.71. The highest BCUT2D eigenvalue weighted by molar-refractivity contribution is 5.40. The van der Waals surface area contributed by atoms with Gasteiger partial charge in [0.15, 0.2) is 0 Å². The molecule has 0 amide bonds. The van der Waals surface area contributed by atoms with Crippen LogP contribution in [0.4, 0.5) is 0 Å². The number of nitrogens with zero attached hydrogens (tertiary/aromatic N) is 2. The smallest absolute Gasteiger partial charge is 0.222 e. The number of aryl methyl sites for hydroxylation is 2.